The maximum absolute atomic E-state index is 10.7. The van der Waals surface area contributed by atoms with Crippen molar-refractivity contribution in [1.82, 2.24) is 0 Å². The summed E-state index contributed by atoms with van der Waals surface area (Å²) in [6.45, 7) is 3.54. The van der Waals surface area contributed by atoms with Crippen LogP contribution < -0.4 is 4.74 Å². The van der Waals surface area contributed by atoms with E-state index in [9.17, 15) is 4.79 Å². The fourth-order valence-corrected chi connectivity index (χ4v) is 1.14. The van der Waals surface area contributed by atoms with Gasteiger partial charge in [-0.15, -0.1) is 6.42 Å². The summed E-state index contributed by atoms with van der Waals surface area (Å²) in [5.41, 5.74) is 1.00. The molecule has 0 saturated carbocycles. The first-order valence-electron chi connectivity index (χ1n) is 4.51. The summed E-state index contributed by atoms with van der Waals surface area (Å²) < 4.78 is 5.40. The first-order chi connectivity index (χ1) is 7.04. The first kappa shape index (κ1) is 11.1. The number of hydrogen-bond acceptors (Lipinski definition) is 2. The molecule has 0 spiro atoms. The number of aryl methyl sites for hydroxylation is 1. The summed E-state index contributed by atoms with van der Waals surface area (Å²) in [5.74, 6) is 2.11. The van der Waals surface area contributed by atoms with Crippen LogP contribution in [0.3, 0.4) is 0 Å². The van der Waals surface area contributed by atoms with Gasteiger partial charge in [-0.2, -0.15) is 0 Å². The maximum atomic E-state index is 10.7. The first-order valence-corrected chi connectivity index (χ1v) is 4.51. The Balaban J connectivity index is 2.94. The maximum Gasteiger partial charge on any atom is 0.335 e. The van der Waals surface area contributed by atoms with Gasteiger partial charge in [-0.3, -0.25) is 0 Å². The highest BCUT2D eigenvalue weighted by Gasteiger charge is 2.07. The molecule has 0 aliphatic heterocycles. The molecule has 1 aromatic carbocycles. The predicted molar refractivity (Wildman–Crippen MR) is 57.1 cm³/mol. The van der Waals surface area contributed by atoms with Gasteiger partial charge in [0.05, 0.1) is 5.56 Å². The number of ether oxygens (including phenoxy) is 1. The van der Waals surface area contributed by atoms with Crippen molar-refractivity contribution in [2.45, 2.75) is 20.0 Å². The molecule has 0 saturated heterocycles. The molecule has 0 amide bonds. The van der Waals surface area contributed by atoms with Gasteiger partial charge in [0.15, 0.2) is 6.10 Å². The lowest BCUT2D eigenvalue weighted by Crippen LogP contribution is -2.09. The molecule has 1 unspecified atom stereocenters. The zero-order valence-corrected chi connectivity index (χ0v) is 8.65. The van der Waals surface area contributed by atoms with Crippen LogP contribution in [0, 0.1) is 19.3 Å². The molecule has 1 aromatic rings. The molecular weight excluding hydrogens is 192 g/mol. The van der Waals surface area contributed by atoms with E-state index in [1.807, 2.05) is 0 Å². The zero-order chi connectivity index (χ0) is 11.4. The molecule has 0 heterocycles. The Labute approximate surface area is 88.7 Å². The number of carbonyl (C=O) groups is 1. The molecule has 0 aliphatic rings. The molecule has 15 heavy (non-hydrogen) atoms. The average molecular weight is 204 g/mol. The molecule has 1 atom stereocenters. The molecule has 0 fully saturated rings. The van der Waals surface area contributed by atoms with Gasteiger partial charge in [-0.05, 0) is 37.6 Å². The van der Waals surface area contributed by atoms with Gasteiger partial charge < -0.3 is 9.84 Å². The predicted octanol–water partition coefficient (Wildman–Crippen LogP) is 2.09. The summed E-state index contributed by atoms with van der Waals surface area (Å²) in [6.07, 6.45) is 4.86. The number of carboxylic acid groups (broad SMARTS) is 1. The molecule has 3 nitrogen and oxygen atoms in total. The Hall–Kier alpha value is -1.95. The van der Waals surface area contributed by atoms with Crippen LogP contribution in [0.2, 0.25) is 0 Å². The number of rotatable bonds is 3. The van der Waals surface area contributed by atoms with E-state index >= 15 is 0 Å². The summed E-state index contributed by atoms with van der Waals surface area (Å²) in [4.78, 5) is 10.7. The second-order valence-corrected chi connectivity index (χ2v) is 3.21. The molecule has 78 valence electrons. The third-order valence-corrected chi connectivity index (χ3v) is 1.96. The minimum atomic E-state index is -0.949. The van der Waals surface area contributed by atoms with Crippen molar-refractivity contribution < 1.29 is 14.6 Å². The topological polar surface area (TPSA) is 46.5 Å². The van der Waals surface area contributed by atoms with Crippen molar-refractivity contribution in [3.05, 3.63) is 29.3 Å². The van der Waals surface area contributed by atoms with Crippen LogP contribution in [0.4, 0.5) is 0 Å². The zero-order valence-electron chi connectivity index (χ0n) is 8.65. The summed E-state index contributed by atoms with van der Waals surface area (Å²) in [7, 11) is 0. The van der Waals surface area contributed by atoms with Crippen LogP contribution in [0.15, 0.2) is 18.2 Å². The molecule has 0 aliphatic carbocycles. The van der Waals surface area contributed by atoms with E-state index in [1.165, 1.54) is 6.07 Å². The highest BCUT2D eigenvalue weighted by atomic mass is 16.5. The highest BCUT2D eigenvalue weighted by Crippen LogP contribution is 2.20. The Bertz CT molecular complexity index is 415. The van der Waals surface area contributed by atoms with Gasteiger partial charge >= 0.3 is 5.97 Å². The fourth-order valence-electron chi connectivity index (χ4n) is 1.14. The van der Waals surface area contributed by atoms with Crippen LogP contribution in [0.25, 0.3) is 0 Å². The number of hydrogen-bond donors (Lipinski definition) is 1. The lowest BCUT2D eigenvalue weighted by atomic mass is 10.1. The number of carboxylic acids is 1. The van der Waals surface area contributed by atoms with Gasteiger partial charge in [0, 0.05) is 0 Å². The van der Waals surface area contributed by atoms with Crippen molar-refractivity contribution in [2.75, 3.05) is 0 Å². The summed E-state index contributed by atoms with van der Waals surface area (Å²) in [5, 5.41) is 8.76. The van der Waals surface area contributed by atoms with Gasteiger partial charge in [-0.1, -0.05) is 5.92 Å². The van der Waals surface area contributed by atoms with E-state index in [0.717, 1.165) is 5.56 Å². The van der Waals surface area contributed by atoms with Gasteiger partial charge in [0.2, 0.25) is 0 Å². The third kappa shape index (κ3) is 2.75. The normalized spacial score (nSPS) is 11.5. The van der Waals surface area contributed by atoms with Gasteiger partial charge in [0.1, 0.15) is 5.75 Å². The minimum absolute atomic E-state index is 0.244. The Kier molecular flexibility index (Phi) is 3.35. The van der Waals surface area contributed by atoms with Crippen LogP contribution in [-0.2, 0) is 0 Å². The Morgan fingerprint density at radius 3 is 2.73 bits per heavy atom. The smallest absolute Gasteiger partial charge is 0.335 e. The van der Waals surface area contributed by atoms with Gasteiger partial charge in [0.25, 0.3) is 0 Å². The summed E-state index contributed by atoms with van der Waals surface area (Å²) >= 11 is 0. The van der Waals surface area contributed by atoms with Crippen molar-refractivity contribution in [3.63, 3.8) is 0 Å². The third-order valence-electron chi connectivity index (χ3n) is 1.96. The van der Waals surface area contributed by atoms with Crippen molar-refractivity contribution in [2.24, 2.45) is 0 Å². The number of terminal acetylenes is 1. The van der Waals surface area contributed by atoms with E-state index in [-0.39, 0.29) is 11.7 Å². The molecule has 3 heteroatoms. The molecule has 0 aromatic heterocycles. The second-order valence-electron chi connectivity index (χ2n) is 3.21. The fraction of sp³-hybridized carbons (Fsp3) is 0.250. The lowest BCUT2D eigenvalue weighted by molar-refractivity contribution is 0.0696. The number of benzene rings is 1. The quantitative estimate of drug-likeness (QED) is 0.767. The molecular formula is C12H12O3. The minimum Gasteiger partial charge on any atom is -0.478 e. The van der Waals surface area contributed by atoms with Crippen LogP contribution >= 0.6 is 0 Å². The van der Waals surface area contributed by atoms with E-state index in [0.29, 0.717) is 5.75 Å². The van der Waals surface area contributed by atoms with E-state index < -0.39 is 5.97 Å². The molecule has 1 N–H and O–H groups in total. The lowest BCUT2D eigenvalue weighted by Gasteiger charge is -2.11. The molecule has 1 rings (SSSR count). The van der Waals surface area contributed by atoms with Crippen LogP contribution in [0.5, 0.6) is 5.75 Å². The second kappa shape index (κ2) is 4.52. The Morgan fingerprint density at radius 2 is 2.27 bits per heavy atom. The Morgan fingerprint density at radius 1 is 1.60 bits per heavy atom. The largest absolute Gasteiger partial charge is 0.478 e. The van der Waals surface area contributed by atoms with E-state index in [2.05, 4.69) is 5.92 Å². The summed E-state index contributed by atoms with van der Waals surface area (Å²) in [6, 6.07) is 4.67. The highest BCUT2D eigenvalue weighted by molar-refractivity contribution is 5.88. The molecule has 0 bridgehead atoms. The van der Waals surface area contributed by atoms with E-state index in [1.54, 1.807) is 26.0 Å². The van der Waals surface area contributed by atoms with Gasteiger partial charge in [-0.25, -0.2) is 4.79 Å². The van der Waals surface area contributed by atoms with Crippen molar-refractivity contribution in [1.29, 1.82) is 0 Å². The van der Waals surface area contributed by atoms with Crippen LogP contribution in [-0.4, -0.2) is 17.2 Å². The standard InChI is InChI=1S/C12H12O3/c1-4-9(3)15-11-6-5-10(12(13)14)7-8(11)2/h1,5-7,9H,2-3H3,(H,13,14). The number of aromatic carboxylic acids is 1. The van der Waals surface area contributed by atoms with Crippen LogP contribution in [0.1, 0.15) is 22.8 Å². The SMILES string of the molecule is C#CC(C)Oc1ccc(C(=O)O)cc1C. The average Bonchev–Trinajstić information content (AvgIpc) is 2.20. The van der Waals surface area contributed by atoms with Crippen molar-refractivity contribution >= 4 is 5.97 Å². The van der Waals surface area contributed by atoms with Crippen molar-refractivity contribution in [3.8, 4) is 18.1 Å². The van der Waals surface area contributed by atoms with E-state index in [4.69, 9.17) is 16.3 Å². The monoisotopic (exact) mass is 204 g/mol. The molecule has 0 radical (unpaired) electrons.